The van der Waals surface area contributed by atoms with E-state index < -0.39 is 17.1 Å². The number of aryl methyl sites for hydroxylation is 4. The first kappa shape index (κ1) is 22.8. The van der Waals surface area contributed by atoms with Gasteiger partial charge in [-0.25, -0.2) is 14.2 Å². The molecule has 0 spiro atoms. The smallest absolute Gasteiger partial charge is 0.335 e. The molecule has 0 atom stereocenters. The minimum Gasteiger partial charge on any atom is -0.493 e. The summed E-state index contributed by atoms with van der Waals surface area (Å²) in [6.45, 7) is 3.74. The van der Waals surface area contributed by atoms with Crippen LogP contribution in [0.5, 0.6) is 5.88 Å². The third-order valence-corrected chi connectivity index (χ3v) is 5.90. The largest absolute Gasteiger partial charge is 0.493 e. The fourth-order valence-corrected chi connectivity index (χ4v) is 4.05. The van der Waals surface area contributed by atoms with Crippen LogP contribution in [0.4, 0.5) is 11.4 Å². The summed E-state index contributed by atoms with van der Waals surface area (Å²) >= 11 is 0. The van der Waals surface area contributed by atoms with E-state index >= 15 is 0 Å². The Morgan fingerprint density at radius 3 is 2.26 bits per heavy atom. The van der Waals surface area contributed by atoms with Crippen molar-refractivity contribution in [3.63, 3.8) is 0 Å². The van der Waals surface area contributed by atoms with Gasteiger partial charge in [-0.05, 0) is 37.6 Å². The van der Waals surface area contributed by atoms with Gasteiger partial charge in [0.15, 0.2) is 0 Å². The normalized spacial score (nSPS) is 11.6. The molecule has 4 rings (SSSR count). The second-order valence-corrected chi connectivity index (χ2v) is 8.50. The first-order valence-electron chi connectivity index (χ1n) is 10.6. The van der Waals surface area contributed by atoms with E-state index in [1.807, 2.05) is 51.0 Å². The van der Waals surface area contributed by atoms with E-state index in [0.29, 0.717) is 22.6 Å². The number of aromatic hydroxyl groups is 1. The lowest BCUT2D eigenvalue weighted by atomic mass is 10.1. The predicted octanol–water partition coefficient (Wildman–Crippen LogP) is 1.86. The van der Waals surface area contributed by atoms with Crippen molar-refractivity contribution in [3.8, 4) is 11.6 Å². The van der Waals surface area contributed by atoms with Crippen LogP contribution in [0.2, 0.25) is 0 Å². The first-order chi connectivity index (χ1) is 16.0. The van der Waals surface area contributed by atoms with E-state index in [9.17, 15) is 19.5 Å². The van der Waals surface area contributed by atoms with Crippen molar-refractivity contribution in [1.82, 2.24) is 18.7 Å². The molecule has 0 fully saturated rings. The standard InChI is InChI=1S/C24H26N6O4/c1-13-7-8-17(14(2)9-13)30-22(32)15(21(31)26-23(30)33)12-25-16-10-19-20(11-18(16)27(3)4)29(6)24(34)28(19)5/h7-12,32H,1-6H3,(H,26,31,33). The van der Waals surface area contributed by atoms with Crippen molar-refractivity contribution in [1.29, 1.82) is 0 Å². The molecule has 10 heteroatoms. The molecule has 0 unspecified atom stereocenters. The molecule has 0 bridgehead atoms. The number of benzene rings is 2. The monoisotopic (exact) mass is 462 g/mol. The molecular formula is C24H26N6O4. The number of H-pyrrole nitrogens is 1. The average Bonchev–Trinajstić information content (AvgIpc) is 2.97. The number of hydrogen-bond acceptors (Lipinski definition) is 6. The number of nitrogens with one attached hydrogen (secondary N) is 1. The molecule has 2 N–H and O–H groups in total. The van der Waals surface area contributed by atoms with Crippen LogP contribution >= 0.6 is 0 Å². The first-order valence-corrected chi connectivity index (χ1v) is 10.6. The molecule has 0 aliphatic carbocycles. The lowest BCUT2D eigenvalue weighted by Gasteiger charge is -2.16. The molecule has 0 aliphatic heterocycles. The van der Waals surface area contributed by atoms with Gasteiger partial charge in [0.2, 0.25) is 5.88 Å². The summed E-state index contributed by atoms with van der Waals surface area (Å²) in [7, 11) is 7.04. The Balaban J connectivity index is 1.92. The van der Waals surface area contributed by atoms with Crippen LogP contribution in [0, 0.1) is 13.8 Å². The van der Waals surface area contributed by atoms with E-state index in [1.165, 1.54) is 10.8 Å². The maximum Gasteiger partial charge on any atom is 0.335 e. The molecule has 10 nitrogen and oxygen atoms in total. The number of rotatable bonds is 4. The van der Waals surface area contributed by atoms with E-state index in [1.54, 1.807) is 30.8 Å². The zero-order valence-corrected chi connectivity index (χ0v) is 19.9. The number of aliphatic imine (C=N–C) groups is 1. The third kappa shape index (κ3) is 3.62. The Kier molecular flexibility index (Phi) is 5.52. The molecule has 2 aromatic carbocycles. The maximum absolute atomic E-state index is 12.6. The van der Waals surface area contributed by atoms with Gasteiger partial charge >= 0.3 is 11.4 Å². The van der Waals surface area contributed by atoms with Crippen LogP contribution in [-0.4, -0.2) is 44.1 Å². The van der Waals surface area contributed by atoms with Gasteiger partial charge in [0.25, 0.3) is 5.56 Å². The Morgan fingerprint density at radius 1 is 1.00 bits per heavy atom. The summed E-state index contributed by atoms with van der Waals surface area (Å²) in [5, 5.41) is 10.9. The van der Waals surface area contributed by atoms with E-state index in [0.717, 1.165) is 21.2 Å². The van der Waals surface area contributed by atoms with Crippen LogP contribution in [-0.2, 0) is 14.1 Å². The van der Waals surface area contributed by atoms with Crippen LogP contribution in [0.3, 0.4) is 0 Å². The van der Waals surface area contributed by atoms with Crippen molar-refractivity contribution in [3.05, 3.63) is 78.3 Å². The molecule has 2 heterocycles. The number of hydrogen-bond donors (Lipinski definition) is 2. The minimum atomic E-state index is -0.758. The molecule has 0 amide bonds. The summed E-state index contributed by atoms with van der Waals surface area (Å²) in [5.74, 6) is -0.510. The van der Waals surface area contributed by atoms with Gasteiger partial charge in [-0.2, -0.15) is 0 Å². The third-order valence-electron chi connectivity index (χ3n) is 5.90. The summed E-state index contributed by atoms with van der Waals surface area (Å²) < 4.78 is 4.11. The highest BCUT2D eigenvalue weighted by atomic mass is 16.3. The predicted molar refractivity (Wildman–Crippen MR) is 134 cm³/mol. The molecule has 2 aromatic heterocycles. The van der Waals surface area contributed by atoms with Crippen molar-refractivity contribution in [2.24, 2.45) is 19.1 Å². The maximum atomic E-state index is 12.6. The number of aromatic amines is 1. The lowest BCUT2D eigenvalue weighted by Crippen LogP contribution is -2.31. The van der Waals surface area contributed by atoms with Crippen LogP contribution in [0.1, 0.15) is 16.7 Å². The van der Waals surface area contributed by atoms with Crippen molar-refractivity contribution in [2.75, 3.05) is 19.0 Å². The van der Waals surface area contributed by atoms with Gasteiger partial charge in [-0.15, -0.1) is 0 Å². The number of anilines is 1. The van der Waals surface area contributed by atoms with Gasteiger partial charge in [-0.3, -0.25) is 23.9 Å². The van der Waals surface area contributed by atoms with Gasteiger partial charge < -0.3 is 10.0 Å². The second kappa shape index (κ2) is 8.22. The highest BCUT2D eigenvalue weighted by molar-refractivity contribution is 5.91. The molecule has 0 aliphatic rings. The molecule has 4 aromatic rings. The Morgan fingerprint density at radius 2 is 1.65 bits per heavy atom. The molecule has 0 saturated heterocycles. The quantitative estimate of drug-likeness (QED) is 0.449. The SMILES string of the molecule is Cc1ccc(-n2c(O)c(C=Nc3cc4c(cc3N(C)C)n(C)c(=O)n4C)c(=O)[nH]c2=O)c(C)c1. The number of aromatic nitrogens is 4. The molecule has 34 heavy (non-hydrogen) atoms. The highest BCUT2D eigenvalue weighted by Gasteiger charge is 2.17. The Hall–Kier alpha value is -4.34. The second-order valence-electron chi connectivity index (χ2n) is 8.50. The number of imidazole rings is 1. The van der Waals surface area contributed by atoms with Crippen molar-refractivity contribution >= 4 is 28.6 Å². The number of nitrogens with zero attached hydrogens (tertiary/aromatic N) is 5. The molecule has 0 radical (unpaired) electrons. The zero-order valence-electron chi connectivity index (χ0n) is 19.9. The fourth-order valence-electron chi connectivity index (χ4n) is 4.05. The molecule has 176 valence electrons. The van der Waals surface area contributed by atoms with Gasteiger partial charge in [0, 0.05) is 34.4 Å². The Labute approximate surface area is 194 Å². The average molecular weight is 463 g/mol. The van der Waals surface area contributed by atoms with Crippen molar-refractivity contribution in [2.45, 2.75) is 13.8 Å². The summed E-state index contributed by atoms with van der Waals surface area (Å²) in [6.07, 6.45) is 1.23. The van der Waals surface area contributed by atoms with Crippen molar-refractivity contribution < 1.29 is 5.11 Å². The summed E-state index contributed by atoms with van der Waals surface area (Å²) in [4.78, 5) is 46.0. The summed E-state index contributed by atoms with van der Waals surface area (Å²) in [5.41, 5.74) is 2.98. The fraction of sp³-hybridized carbons (Fsp3) is 0.250. The summed E-state index contributed by atoms with van der Waals surface area (Å²) in [6, 6.07) is 8.98. The molecular weight excluding hydrogens is 436 g/mol. The van der Waals surface area contributed by atoms with E-state index in [2.05, 4.69) is 9.98 Å². The van der Waals surface area contributed by atoms with Crippen LogP contribution in [0.15, 0.2) is 49.7 Å². The minimum absolute atomic E-state index is 0.161. The van der Waals surface area contributed by atoms with Crippen LogP contribution in [0.25, 0.3) is 16.7 Å². The van der Waals surface area contributed by atoms with Crippen LogP contribution < -0.4 is 21.8 Å². The van der Waals surface area contributed by atoms with E-state index in [4.69, 9.17) is 0 Å². The highest BCUT2D eigenvalue weighted by Crippen LogP contribution is 2.32. The van der Waals surface area contributed by atoms with Gasteiger partial charge in [0.1, 0.15) is 5.56 Å². The van der Waals surface area contributed by atoms with Gasteiger partial charge in [-0.1, -0.05) is 17.7 Å². The number of fused-ring (bicyclic) bond motifs is 1. The van der Waals surface area contributed by atoms with Gasteiger partial charge in [0.05, 0.1) is 28.1 Å². The topological polar surface area (TPSA) is 118 Å². The van der Waals surface area contributed by atoms with E-state index in [-0.39, 0.29) is 11.3 Å². The molecule has 0 saturated carbocycles. The lowest BCUT2D eigenvalue weighted by molar-refractivity contribution is 0.430. The zero-order chi connectivity index (χ0) is 24.9. The Bertz CT molecular complexity index is 1650.